The molecule has 0 aliphatic heterocycles. The highest BCUT2D eigenvalue weighted by atomic mass is 15.1. The minimum atomic E-state index is 0.175. The number of fused-ring (bicyclic) bond motifs is 4. The third kappa shape index (κ3) is 4.40. The SMILES string of the molecule is c1ccc(-c2ccc(N(c3cccc(-c4cccc5ccccc45)c3)c3ccc4c(c3)-c3ccccc3C43C4CC5CC(C4)CC3C5)cc2)cc1. The zero-order chi connectivity index (χ0) is 33.5. The molecule has 12 rings (SSSR count). The predicted molar refractivity (Wildman–Crippen MR) is 213 cm³/mol. The van der Waals surface area contributed by atoms with Gasteiger partial charge >= 0.3 is 0 Å². The molecule has 4 bridgehead atoms. The molecule has 5 aliphatic carbocycles. The molecule has 7 aromatic rings. The zero-order valence-corrected chi connectivity index (χ0v) is 28.9. The first-order valence-electron chi connectivity index (χ1n) is 19.0. The first kappa shape index (κ1) is 29.3. The summed E-state index contributed by atoms with van der Waals surface area (Å²) in [6, 6.07) is 61.4. The van der Waals surface area contributed by atoms with Gasteiger partial charge in [-0.3, -0.25) is 0 Å². The van der Waals surface area contributed by atoms with Gasteiger partial charge in [-0.15, -0.1) is 0 Å². The monoisotopic (exact) mass is 655 g/mol. The van der Waals surface area contributed by atoms with Crippen molar-refractivity contribution in [1.82, 2.24) is 0 Å². The smallest absolute Gasteiger partial charge is 0.0468 e. The Morgan fingerprint density at radius 2 is 0.980 bits per heavy atom. The van der Waals surface area contributed by atoms with E-state index in [-0.39, 0.29) is 5.41 Å². The Balaban J connectivity index is 1.08. The van der Waals surface area contributed by atoms with Crippen LogP contribution < -0.4 is 4.90 Å². The zero-order valence-electron chi connectivity index (χ0n) is 28.9. The summed E-state index contributed by atoms with van der Waals surface area (Å²) in [4.78, 5) is 2.48. The molecule has 246 valence electrons. The molecule has 0 N–H and O–H groups in total. The van der Waals surface area contributed by atoms with Crippen LogP contribution in [0.2, 0.25) is 0 Å². The number of hydrogen-bond acceptors (Lipinski definition) is 1. The maximum absolute atomic E-state index is 2.55. The van der Waals surface area contributed by atoms with Crippen molar-refractivity contribution in [1.29, 1.82) is 0 Å². The predicted octanol–water partition coefficient (Wildman–Crippen LogP) is 13.4. The van der Waals surface area contributed by atoms with Crippen LogP contribution in [-0.2, 0) is 5.41 Å². The molecule has 5 aliphatic rings. The molecule has 1 heteroatoms. The first-order valence-corrected chi connectivity index (χ1v) is 19.0. The van der Waals surface area contributed by atoms with E-state index in [1.54, 1.807) is 11.1 Å². The molecule has 0 unspecified atom stereocenters. The maximum atomic E-state index is 2.55. The van der Waals surface area contributed by atoms with Crippen LogP contribution in [-0.4, -0.2) is 0 Å². The Bertz CT molecular complexity index is 2400. The Labute approximate surface area is 301 Å². The lowest BCUT2D eigenvalue weighted by atomic mass is 9.43. The van der Waals surface area contributed by atoms with Crippen LogP contribution in [0, 0.1) is 23.7 Å². The van der Waals surface area contributed by atoms with Crippen LogP contribution in [0.1, 0.15) is 43.2 Å². The second-order valence-electron chi connectivity index (χ2n) is 15.8. The minimum absolute atomic E-state index is 0.175. The van der Waals surface area contributed by atoms with Gasteiger partial charge in [-0.05, 0) is 147 Å². The van der Waals surface area contributed by atoms with Gasteiger partial charge < -0.3 is 4.90 Å². The lowest BCUT2D eigenvalue weighted by molar-refractivity contribution is -0.0399. The van der Waals surface area contributed by atoms with Gasteiger partial charge in [0.15, 0.2) is 0 Å². The Morgan fingerprint density at radius 1 is 0.392 bits per heavy atom. The highest BCUT2D eigenvalue weighted by Crippen LogP contribution is 2.69. The minimum Gasteiger partial charge on any atom is -0.310 e. The number of nitrogens with zero attached hydrogens (tertiary/aromatic N) is 1. The van der Waals surface area contributed by atoms with E-state index in [0.717, 1.165) is 23.7 Å². The summed E-state index contributed by atoms with van der Waals surface area (Å²) < 4.78 is 0. The van der Waals surface area contributed by atoms with Gasteiger partial charge in [0.2, 0.25) is 0 Å². The van der Waals surface area contributed by atoms with E-state index in [1.807, 2.05) is 0 Å². The molecule has 0 amide bonds. The maximum Gasteiger partial charge on any atom is 0.0468 e. The van der Waals surface area contributed by atoms with E-state index in [4.69, 9.17) is 0 Å². The Hall–Kier alpha value is -5.40. The van der Waals surface area contributed by atoms with E-state index < -0.39 is 0 Å². The molecule has 0 heterocycles. The molecule has 1 nitrogen and oxygen atoms in total. The molecule has 7 aromatic carbocycles. The number of hydrogen-bond donors (Lipinski definition) is 0. The topological polar surface area (TPSA) is 3.24 Å². The summed E-state index contributed by atoms with van der Waals surface area (Å²) in [7, 11) is 0. The molecule has 4 fully saturated rings. The van der Waals surface area contributed by atoms with Crippen LogP contribution in [0.3, 0.4) is 0 Å². The molecule has 0 radical (unpaired) electrons. The average Bonchev–Trinajstić information content (AvgIpc) is 3.47. The van der Waals surface area contributed by atoms with E-state index >= 15 is 0 Å². The highest BCUT2D eigenvalue weighted by molar-refractivity contribution is 5.97. The summed E-state index contributed by atoms with van der Waals surface area (Å²) in [5.41, 5.74) is 14.8. The van der Waals surface area contributed by atoms with Gasteiger partial charge in [0.05, 0.1) is 0 Å². The molecule has 4 saturated carbocycles. The largest absolute Gasteiger partial charge is 0.310 e. The summed E-state index contributed by atoms with van der Waals surface area (Å²) in [5, 5.41) is 2.55. The molecule has 0 atom stereocenters. The van der Waals surface area contributed by atoms with Gasteiger partial charge in [-0.2, -0.15) is 0 Å². The van der Waals surface area contributed by atoms with Crippen molar-refractivity contribution in [2.24, 2.45) is 23.7 Å². The molecular formula is C50H41N. The van der Waals surface area contributed by atoms with Crippen molar-refractivity contribution >= 4 is 27.8 Å². The fourth-order valence-electron chi connectivity index (χ4n) is 11.5. The molecule has 0 aromatic heterocycles. The summed E-state index contributed by atoms with van der Waals surface area (Å²) >= 11 is 0. The summed E-state index contributed by atoms with van der Waals surface area (Å²) in [6.45, 7) is 0. The third-order valence-electron chi connectivity index (χ3n) is 13.2. The molecule has 51 heavy (non-hydrogen) atoms. The van der Waals surface area contributed by atoms with Crippen molar-refractivity contribution in [3.05, 3.63) is 175 Å². The van der Waals surface area contributed by atoms with E-state index in [9.17, 15) is 0 Å². The van der Waals surface area contributed by atoms with Crippen LogP contribution >= 0.6 is 0 Å². The second-order valence-corrected chi connectivity index (χ2v) is 15.8. The van der Waals surface area contributed by atoms with Crippen molar-refractivity contribution < 1.29 is 0 Å². The summed E-state index contributed by atoms with van der Waals surface area (Å²) in [5.74, 6) is 3.41. The normalized spacial score (nSPS) is 23.8. The second kappa shape index (κ2) is 11.3. The lowest BCUT2D eigenvalue weighted by Gasteiger charge is -2.61. The van der Waals surface area contributed by atoms with Crippen LogP contribution in [0.25, 0.3) is 44.2 Å². The number of benzene rings is 7. The van der Waals surface area contributed by atoms with Gasteiger partial charge in [-0.25, -0.2) is 0 Å². The fraction of sp³-hybridized carbons (Fsp3) is 0.200. The Kier molecular flexibility index (Phi) is 6.50. The van der Waals surface area contributed by atoms with Crippen LogP contribution in [0.15, 0.2) is 164 Å². The summed E-state index contributed by atoms with van der Waals surface area (Å²) in [6.07, 6.45) is 7.10. The van der Waals surface area contributed by atoms with Crippen molar-refractivity contribution in [3.63, 3.8) is 0 Å². The first-order chi connectivity index (χ1) is 25.2. The standard InChI is InChI=1S/C50H41N/c1-2-10-35(11-3-1)36-20-22-41(23-21-36)51(42-15-8-14-38(31-42)45-18-9-13-37-12-4-5-16-44(37)45)43-24-25-49-47(32-43)46-17-6-7-19-48(46)50(49)39-27-33-26-34(29-39)30-40(50)28-33/h1-25,31-34,39-40H,26-30H2. The molecule has 0 saturated heterocycles. The number of anilines is 3. The molecular weight excluding hydrogens is 615 g/mol. The van der Waals surface area contributed by atoms with Gasteiger partial charge in [0.25, 0.3) is 0 Å². The van der Waals surface area contributed by atoms with Crippen LogP contribution in [0.5, 0.6) is 0 Å². The fourth-order valence-corrected chi connectivity index (χ4v) is 11.5. The van der Waals surface area contributed by atoms with Crippen LogP contribution in [0.4, 0.5) is 17.1 Å². The van der Waals surface area contributed by atoms with Crippen molar-refractivity contribution in [2.45, 2.75) is 37.5 Å². The quantitative estimate of drug-likeness (QED) is 0.178. The highest BCUT2D eigenvalue weighted by Gasteiger charge is 2.61. The lowest BCUT2D eigenvalue weighted by Crippen LogP contribution is -2.55. The van der Waals surface area contributed by atoms with Gasteiger partial charge in [0.1, 0.15) is 0 Å². The van der Waals surface area contributed by atoms with Gasteiger partial charge in [0, 0.05) is 22.5 Å². The third-order valence-corrected chi connectivity index (χ3v) is 13.2. The van der Waals surface area contributed by atoms with E-state index in [0.29, 0.717) is 0 Å². The average molecular weight is 656 g/mol. The number of rotatable bonds is 5. The van der Waals surface area contributed by atoms with E-state index in [2.05, 4.69) is 169 Å². The Morgan fingerprint density at radius 3 is 1.80 bits per heavy atom. The van der Waals surface area contributed by atoms with Gasteiger partial charge in [-0.1, -0.05) is 127 Å². The van der Waals surface area contributed by atoms with E-state index in [1.165, 1.54) is 93.3 Å². The molecule has 1 spiro atoms. The van der Waals surface area contributed by atoms with Crippen molar-refractivity contribution in [2.75, 3.05) is 4.90 Å². The van der Waals surface area contributed by atoms with Crippen molar-refractivity contribution in [3.8, 4) is 33.4 Å².